The third-order valence-electron chi connectivity index (χ3n) is 0.974. The fourth-order valence-electron chi connectivity index (χ4n) is 0.557. The minimum Gasteiger partial charge on any atom is -0.128 e. The van der Waals surface area contributed by atoms with Gasteiger partial charge in [-0.05, 0) is 41.0 Å². The van der Waals surface area contributed by atoms with Gasteiger partial charge in [0.05, 0.1) is 0 Å². The van der Waals surface area contributed by atoms with Gasteiger partial charge >= 0.3 is 0 Å². The zero-order valence-corrected chi connectivity index (χ0v) is 7.99. The molecule has 0 atom stereocenters. The smallest absolute Gasteiger partial charge is 0.0282 e. The van der Waals surface area contributed by atoms with E-state index in [-0.39, 0.29) is 0 Å². The highest BCUT2D eigenvalue weighted by atomic mass is 127. The molecule has 0 aliphatic carbocycles. The van der Waals surface area contributed by atoms with E-state index in [0.717, 1.165) is 0 Å². The Morgan fingerprint density at radius 2 is 2.44 bits per heavy atom. The molecular weight excluding hydrogens is 243 g/mol. The lowest BCUT2D eigenvalue weighted by molar-refractivity contribution is 1.39. The van der Waals surface area contributed by atoms with Gasteiger partial charge in [0.2, 0.25) is 0 Å². The van der Waals surface area contributed by atoms with Gasteiger partial charge in [0.15, 0.2) is 0 Å². The van der Waals surface area contributed by atoms with Crippen LogP contribution >= 0.6 is 34.4 Å². The molecule has 0 spiro atoms. The van der Waals surface area contributed by atoms with Crippen molar-refractivity contribution in [2.24, 2.45) is 0 Å². The maximum absolute atomic E-state index is 3.14. The fraction of sp³-hybridized carbons (Fsp3) is 0.143. The first-order valence-electron chi connectivity index (χ1n) is 2.55. The van der Waals surface area contributed by atoms with Crippen LogP contribution in [0.1, 0.15) is 0 Å². The Morgan fingerprint density at radius 3 is 2.89 bits per heavy atom. The predicted molar refractivity (Wildman–Crippen MR) is 49.8 cm³/mol. The van der Waals surface area contributed by atoms with Crippen molar-refractivity contribution in [1.82, 2.24) is 0 Å². The van der Waals surface area contributed by atoms with E-state index in [1.54, 1.807) is 11.8 Å². The summed E-state index contributed by atoms with van der Waals surface area (Å²) in [5, 5.41) is 0. The first kappa shape index (κ1) is 7.41. The van der Waals surface area contributed by atoms with Crippen LogP contribution in [0.3, 0.4) is 0 Å². The first-order chi connectivity index (χ1) is 4.34. The molecule has 1 radical (unpaired) electrons. The van der Waals surface area contributed by atoms with Gasteiger partial charge in [-0.3, -0.25) is 0 Å². The average molecular weight is 249 g/mol. The highest BCUT2D eigenvalue weighted by molar-refractivity contribution is 14.1. The number of halogens is 1. The molecule has 1 rings (SSSR count). The van der Waals surface area contributed by atoms with Crippen molar-refractivity contribution in [1.29, 1.82) is 0 Å². The van der Waals surface area contributed by atoms with Crippen molar-refractivity contribution in [2.75, 3.05) is 6.26 Å². The van der Waals surface area contributed by atoms with Crippen LogP contribution in [0, 0.1) is 9.64 Å². The molecule has 0 nitrogen and oxygen atoms in total. The van der Waals surface area contributed by atoms with E-state index in [1.165, 1.54) is 8.47 Å². The minimum absolute atomic E-state index is 1.23. The fourth-order valence-corrected chi connectivity index (χ4v) is 2.03. The molecule has 1 aromatic rings. The summed E-state index contributed by atoms with van der Waals surface area (Å²) in [7, 11) is 0. The molecule has 9 heavy (non-hydrogen) atoms. The van der Waals surface area contributed by atoms with Crippen molar-refractivity contribution in [3.8, 4) is 0 Å². The lowest BCUT2D eigenvalue weighted by Gasteiger charge is -1.95. The van der Waals surface area contributed by atoms with Crippen LogP contribution in [0.2, 0.25) is 0 Å². The van der Waals surface area contributed by atoms with Crippen LogP contribution in [-0.2, 0) is 0 Å². The standard InChI is InChI=1S/C7H6IS/c1-9-7-5-3-2-4-6(7)8/h2-4H,1H3. The highest BCUT2D eigenvalue weighted by Gasteiger charge is 1.92. The summed E-state index contributed by atoms with van der Waals surface area (Å²) in [5.74, 6) is 0. The Labute approximate surface area is 73.2 Å². The van der Waals surface area contributed by atoms with Crippen LogP contribution < -0.4 is 0 Å². The Bertz CT molecular complexity index is 198. The van der Waals surface area contributed by atoms with Gasteiger partial charge in [0.25, 0.3) is 0 Å². The van der Waals surface area contributed by atoms with E-state index in [9.17, 15) is 0 Å². The van der Waals surface area contributed by atoms with Gasteiger partial charge in [0, 0.05) is 8.47 Å². The zero-order chi connectivity index (χ0) is 6.69. The van der Waals surface area contributed by atoms with Crippen molar-refractivity contribution >= 4 is 34.4 Å². The molecule has 0 saturated carbocycles. The monoisotopic (exact) mass is 249 g/mol. The number of thioether (sulfide) groups is 1. The molecule has 0 saturated heterocycles. The molecule has 0 aliphatic rings. The van der Waals surface area contributed by atoms with Crippen LogP contribution in [0.25, 0.3) is 0 Å². The predicted octanol–water partition coefficient (Wildman–Crippen LogP) is 2.81. The number of rotatable bonds is 1. The van der Waals surface area contributed by atoms with E-state index in [1.807, 2.05) is 12.1 Å². The SMILES string of the molecule is CSc1[c]cccc1I. The van der Waals surface area contributed by atoms with Crippen LogP contribution in [0.15, 0.2) is 23.1 Å². The van der Waals surface area contributed by atoms with Crippen molar-refractivity contribution < 1.29 is 0 Å². The molecule has 47 valence electrons. The number of hydrogen-bond donors (Lipinski definition) is 0. The minimum atomic E-state index is 1.23. The highest BCUT2D eigenvalue weighted by Crippen LogP contribution is 2.19. The second-order valence-electron chi connectivity index (χ2n) is 1.55. The lowest BCUT2D eigenvalue weighted by atomic mass is 10.4. The third-order valence-corrected chi connectivity index (χ3v) is 2.99. The molecule has 2 heteroatoms. The van der Waals surface area contributed by atoms with Gasteiger partial charge in [-0.15, -0.1) is 11.8 Å². The second-order valence-corrected chi connectivity index (χ2v) is 3.53. The quantitative estimate of drug-likeness (QED) is 0.544. The average Bonchev–Trinajstić information content (AvgIpc) is 1.89. The molecule has 0 aromatic heterocycles. The summed E-state index contributed by atoms with van der Waals surface area (Å²) in [6.45, 7) is 0. The first-order valence-corrected chi connectivity index (χ1v) is 4.85. The van der Waals surface area contributed by atoms with Gasteiger partial charge < -0.3 is 0 Å². The van der Waals surface area contributed by atoms with Crippen molar-refractivity contribution in [3.05, 3.63) is 27.8 Å². The van der Waals surface area contributed by atoms with Gasteiger partial charge in [-0.1, -0.05) is 12.1 Å². The van der Waals surface area contributed by atoms with E-state index >= 15 is 0 Å². The summed E-state index contributed by atoms with van der Waals surface area (Å²) in [6.07, 6.45) is 2.06. The molecule has 0 fully saturated rings. The number of benzene rings is 1. The molecular formula is C7H6IS. The van der Waals surface area contributed by atoms with Crippen molar-refractivity contribution in [3.63, 3.8) is 0 Å². The Morgan fingerprint density at radius 1 is 1.67 bits per heavy atom. The third kappa shape index (κ3) is 1.86. The number of hydrogen-bond acceptors (Lipinski definition) is 1. The van der Waals surface area contributed by atoms with Crippen LogP contribution in [-0.4, -0.2) is 6.26 Å². The summed E-state index contributed by atoms with van der Waals surface area (Å²) in [6, 6.07) is 9.17. The Balaban J connectivity index is 3.01. The molecule has 0 bridgehead atoms. The molecule has 0 N–H and O–H groups in total. The topological polar surface area (TPSA) is 0 Å². The molecule has 0 unspecified atom stereocenters. The van der Waals surface area contributed by atoms with Gasteiger partial charge in [-0.25, -0.2) is 0 Å². The largest absolute Gasteiger partial charge is 0.128 e. The zero-order valence-electron chi connectivity index (χ0n) is 5.02. The summed E-state index contributed by atoms with van der Waals surface area (Å²) in [5.41, 5.74) is 0. The van der Waals surface area contributed by atoms with E-state index in [0.29, 0.717) is 0 Å². The molecule has 1 aromatic carbocycles. The molecule has 0 heterocycles. The van der Waals surface area contributed by atoms with Gasteiger partial charge in [-0.2, -0.15) is 0 Å². The van der Waals surface area contributed by atoms with E-state index in [4.69, 9.17) is 0 Å². The molecule has 0 amide bonds. The summed E-state index contributed by atoms with van der Waals surface area (Å²) >= 11 is 4.04. The molecule has 0 aliphatic heterocycles. The maximum Gasteiger partial charge on any atom is 0.0282 e. The Kier molecular flexibility index (Phi) is 2.85. The lowest BCUT2D eigenvalue weighted by Crippen LogP contribution is -1.74. The Hall–Kier alpha value is 0.300. The van der Waals surface area contributed by atoms with Crippen molar-refractivity contribution in [2.45, 2.75) is 4.90 Å². The normalized spacial score (nSPS) is 9.56. The van der Waals surface area contributed by atoms with Gasteiger partial charge in [0.1, 0.15) is 0 Å². The summed E-state index contributed by atoms with van der Waals surface area (Å²) < 4.78 is 1.28. The van der Waals surface area contributed by atoms with Crippen LogP contribution in [0.4, 0.5) is 0 Å². The van der Waals surface area contributed by atoms with Crippen LogP contribution in [0.5, 0.6) is 0 Å². The van der Waals surface area contributed by atoms with E-state index in [2.05, 4.69) is 41.0 Å². The van der Waals surface area contributed by atoms with E-state index < -0.39 is 0 Å². The summed E-state index contributed by atoms with van der Waals surface area (Å²) in [4.78, 5) is 1.23. The maximum atomic E-state index is 3.14. The second kappa shape index (κ2) is 3.46.